The number of benzene rings is 1. The first kappa shape index (κ1) is 12.6. The van der Waals surface area contributed by atoms with Gasteiger partial charge in [0.25, 0.3) is 0 Å². The summed E-state index contributed by atoms with van der Waals surface area (Å²) < 4.78 is 0. The third kappa shape index (κ3) is 2.90. The molecular formula is C14H15NO2S. The van der Waals surface area contributed by atoms with Gasteiger partial charge in [-0.2, -0.15) is 0 Å². The number of anilines is 1. The molecule has 3 nitrogen and oxygen atoms in total. The van der Waals surface area contributed by atoms with Gasteiger partial charge in [-0.3, -0.25) is 0 Å². The van der Waals surface area contributed by atoms with E-state index >= 15 is 0 Å². The SMILES string of the molecule is Cc1cc(C)cc(N[C@@H](C(=O)O)c2cccs2)c1. The van der Waals surface area contributed by atoms with Crippen LogP contribution in [0.5, 0.6) is 0 Å². The summed E-state index contributed by atoms with van der Waals surface area (Å²) in [7, 11) is 0. The number of carboxylic acids is 1. The van der Waals surface area contributed by atoms with Crippen molar-refractivity contribution in [1.82, 2.24) is 0 Å². The molecule has 2 N–H and O–H groups in total. The summed E-state index contributed by atoms with van der Waals surface area (Å²) in [4.78, 5) is 12.1. The van der Waals surface area contributed by atoms with Crippen molar-refractivity contribution in [3.63, 3.8) is 0 Å². The molecule has 0 saturated carbocycles. The topological polar surface area (TPSA) is 49.3 Å². The summed E-state index contributed by atoms with van der Waals surface area (Å²) in [5.74, 6) is -0.864. The maximum Gasteiger partial charge on any atom is 0.331 e. The Balaban J connectivity index is 2.27. The van der Waals surface area contributed by atoms with E-state index in [1.807, 2.05) is 43.5 Å². The van der Waals surface area contributed by atoms with Crippen LogP contribution < -0.4 is 5.32 Å². The Labute approximate surface area is 110 Å². The van der Waals surface area contributed by atoms with Gasteiger partial charge < -0.3 is 10.4 Å². The van der Waals surface area contributed by atoms with Gasteiger partial charge in [-0.1, -0.05) is 12.1 Å². The summed E-state index contributed by atoms with van der Waals surface area (Å²) in [6.45, 7) is 4.00. The lowest BCUT2D eigenvalue weighted by Crippen LogP contribution is -2.19. The zero-order valence-corrected chi connectivity index (χ0v) is 11.1. The lowest BCUT2D eigenvalue weighted by atomic mass is 10.1. The minimum absolute atomic E-state index is 0.689. The van der Waals surface area contributed by atoms with E-state index in [1.165, 1.54) is 11.3 Å². The van der Waals surface area contributed by atoms with E-state index in [-0.39, 0.29) is 0 Å². The highest BCUT2D eigenvalue weighted by atomic mass is 32.1. The molecule has 94 valence electrons. The molecule has 0 aliphatic carbocycles. The summed E-state index contributed by atoms with van der Waals surface area (Å²) in [6, 6.07) is 8.98. The third-order valence-corrected chi connectivity index (χ3v) is 3.54. The smallest absolute Gasteiger partial charge is 0.331 e. The van der Waals surface area contributed by atoms with Crippen molar-refractivity contribution in [1.29, 1.82) is 0 Å². The Morgan fingerprint density at radius 2 is 1.94 bits per heavy atom. The van der Waals surface area contributed by atoms with Crippen LogP contribution in [0.4, 0.5) is 5.69 Å². The van der Waals surface area contributed by atoms with Crippen molar-refractivity contribution in [2.24, 2.45) is 0 Å². The van der Waals surface area contributed by atoms with E-state index in [4.69, 9.17) is 0 Å². The first-order valence-corrected chi connectivity index (χ1v) is 6.55. The number of aryl methyl sites for hydroxylation is 2. The average molecular weight is 261 g/mol. The molecule has 0 amide bonds. The van der Waals surface area contributed by atoms with Crippen LogP contribution in [0, 0.1) is 13.8 Å². The number of carboxylic acid groups (broad SMARTS) is 1. The fourth-order valence-corrected chi connectivity index (χ4v) is 2.70. The number of rotatable bonds is 4. The predicted molar refractivity (Wildman–Crippen MR) is 74.2 cm³/mol. The lowest BCUT2D eigenvalue weighted by Gasteiger charge is -2.15. The Bertz CT molecular complexity index is 529. The molecular weight excluding hydrogens is 246 g/mol. The van der Waals surface area contributed by atoms with Crippen molar-refractivity contribution in [3.05, 3.63) is 51.7 Å². The van der Waals surface area contributed by atoms with Crippen LogP contribution in [-0.2, 0) is 4.79 Å². The van der Waals surface area contributed by atoms with Crippen LogP contribution in [-0.4, -0.2) is 11.1 Å². The molecule has 4 heteroatoms. The molecule has 1 heterocycles. The van der Waals surface area contributed by atoms with Crippen molar-refractivity contribution >= 4 is 23.0 Å². The Morgan fingerprint density at radius 1 is 1.28 bits per heavy atom. The molecule has 1 aromatic carbocycles. The average Bonchev–Trinajstić information content (AvgIpc) is 2.77. The van der Waals surface area contributed by atoms with Gasteiger partial charge in [-0.15, -0.1) is 11.3 Å². The van der Waals surface area contributed by atoms with Crippen LogP contribution in [0.2, 0.25) is 0 Å². The molecule has 0 aliphatic rings. The second-order valence-corrected chi connectivity index (χ2v) is 5.29. The van der Waals surface area contributed by atoms with E-state index in [0.29, 0.717) is 0 Å². The zero-order chi connectivity index (χ0) is 13.1. The minimum atomic E-state index is -0.864. The molecule has 1 atom stereocenters. The maximum atomic E-state index is 11.3. The molecule has 0 unspecified atom stereocenters. The van der Waals surface area contributed by atoms with Crippen molar-refractivity contribution in [3.8, 4) is 0 Å². The van der Waals surface area contributed by atoms with E-state index < -0.39 is 12.0 Å². The van der Waals surface area contributed by atoms with Crippen molar-refractivity contribution < 1.29 is 9.90 Å². The predicted octanol–water partition coefficient (Wildman–Crippen LogP) is 3.60. The normalized spacial score (nSPS) is 12.1. The highest BCUT2D eigenvalue weighted by Gasteiger charge is 2.20. The molecule has 2 rings (SSSR count). The van der Waals surface area contributed by atoms with Gasteiger partial charge in [-0.05, 0) is 48.6 Å². The monoisotopic (exact) mass is 261 g/mol. The largest absolute Gasteiger partial charge is 0.479 e. The minimum Gasteiger partial charge on any atom is -0.479 e. The summed E-state index contributed by atoms with van der Waals surface area (Å²) >= 11 is 1.44. The molecule has 0 fully saturated rings. The van der Waals surface area contributed by atoms with Crippen molar-refractivity contribution in [2.75, 3.05) is 5.32 Å². The van der Waals surface area contributed by atoms with E-state index in [9.17, 15) is 9.90 Å². The molecule has 0 saturated heterocycles. The Morgan fingerprint density at radius 3 is 2.44 bits per heavy atom. The van der Waals surface area contributed by atoms with Gasteiger partial charge in [0.1, 0.15) is 0 Å². The maximum absolute atomic E-state index is 11.3. The van der Waals surface area contributed by atoms with Crippen LogP contribution in [0.3, 0.4) is 0 Å². The molecule has 0 spiro atoms. The summed E-state index contributed by atoms with van der Waals surface area (Å²) in [5.41, 5.74) is 3.08. The van der Waals surface area contributed by atoms with Crippen LogP contribution >= 0.6 is 11.3 Å². The van der Waals surface area contributed by atoms with Gasteiger partial charge in [0.05, 0.1) is 0 Å². The van der Waals surface area contributed by atoms with Gasteiger partial charge in [0, 0.05) is 10.6 Å². The van der Waals surface area contributed by atoms with Crippen LogP contribution in [0.25, 0.3) is 0 Å². The quantitative estimate of drug-likeness (QED) is 0.884. The first-order chi connectivity index (χ1) is 8.56. The standard InChI is InChI=1S/C14H15NO2S/c1-9-6-10(2)8-11(7-9)15-13(14(16)17)12-4-3-5-18-12/h3-8,13,15H,1-2H3,(H,16,17)/t13-/m1/s1. The number of hydrogen-bond donors (Lipinski definition) is 2. The van der Waals surface area contributed by atoms with Gasteiger partial charge in [0.2, 0.25) is 0 Å². The number of aliphatic carboxylic acids is 1. The highest BCUT2D eigenvalue weighted by Crippen LogP contribution is 2.25. The molecule has 2 aromatic rings. The summed E-state index contributed by atoms with van der Waals surface area (Å²) in [6.07, 6.45) is 0. The molecule has 0 bridgehead atoms. The van der Waals surface area contributed by atoms with Crippen molar-refractivity contribution in [2.45, 2.75) is 19.9 Å². The van der Waals surface area contributed by atoms with E-state index in [1.54, 1.807) is 0 Å². The second kappa shape index (κ2) is 5.23. The van der Waals surface area contributed by atoms with Gasteiger partial charge >= 0.3 is 5.97 Å². The van der Waals surface area contributed by atoms with E-state index in [0.717, 1.165) is 21.7 Å². The van der Waals surface area contributed by atoms with Crippen LogP contribution in [0.1, 0.15) is 22.0 Å². The number of thiophene rings is 1. The molecule has 1 aromatic heterocycles. The third-order valence-electron chi connectivity index (χ3n) is 2.61. The van der Waals surface area contributed by atoms with E-state index in [2.05, 4.69) is 11.4 Å². The first-order valence-electron chi connectivity index (χ1n) is 5.67. The number of carbonyl (C=O) groups is 1. The lowest BCUT2D eigenvalue weighted by molar-refractivity contribution is -0.138. The number of nitrogens with one attached hydrogen (secondary N) is 1. The summed E-state index contributed by atoms with van der Waals surface area (Å²) in [5, 5.41) is 14.2. The second-order valence-electron chi connectivity index (χ2n) is 4.31. The fraction of sp³-hybridized carbons (Fsp3) is 0.214. The van der Waals surface area contributed by atoms with Gasteiger partial charge in [-0.25, -0.2) is 4.79 Å². The Hall–Kier alpha value is -1.81. The zero-order valence-electron chi connectivity index (χ0n) is 10.3. The molecule has 0 radical (unpaired) electrons. The van der Waals surface area contributed by atoms with Crippen LogP contribution in [0.15, 0.2) is 35.7 Å². The molecule has 18 heavy (non-hydrogen) atoms. The van der Waals surface area contributed by atoms with Gasteiger partial charge in [0.15, 0.2) is 6.04 Å². The highest BCUT2D eigenvalue weighted by molar-refractivity contribution is 7.10. The molecule has 0 aliphatic heterocycles. The number of hydrogen-bond acceptors (Lipinski definition) is 3. The Kier molecular flexibility index (Phi) is 3.67. The fourth-order valence-electron chi connectivity index (χ4n) is 1.93.